The number of aryl methyl sites for hydroxylation is 1. The third-order valence-electron chi connectivity index (χ3n) is 3.56. The van der Waals surface area contributed by atoms with Crippen molar-refractivity contribution < 1.29 is 9.21 Å². The van der Waals surface area contributed by atoms with E-state index in [0.717, 1.165) is 16.5 Å². The summed E-state index contributed by atoms with van der Waals surface area (Å²) in [6, 6.07) is 15.0. The average Bonchev–Trinajstić information content (AvgIpc) is 2.46. The maximum Gasteiger partial charge on any atom is 0.347 e. The van der Waals surface area contributed by atoms with Crippen molar-refractivity contribution in [3.05, 3.63) is 70.1 Å². The second kappa shape index (κ2) is 5.02. The van der Waals surface area contributed by atoms with Crippen molar-refractivity contribution in [2.24, 2.45) is 0 Å². The van der Waals surface area contributed by atoms with Crippen LogP contribution in [0.5, 0.6) is 0 Å². The Bertz CT molecular complexity index is 889. The lowest BCUT2D eigenvalue weighted by molar-refractivity contribution is 0.101. The van der Waals surface area contributed by atoms with E-state index in [-0.39, 0.29) is 11.3 Å². The van der Waals surface area contributed by atoms with Crippen LogP contribution in [-0.2, 0) is 0 Å². The van der Waals surface area contributed by atoms with Crippen LogP contribution in [0.25, 0.3) is 22.1 Å². The highest BCUT2D eigenvalue weighted by atomic mass is 16.4. The van der Waals surface area contributed by atoms with Crippen molar-refractivity contribution in [3.8, 4) is 11.1 Å². The lowest BCUT2D eigenvalue weighted by atomic mass is 9.93. The van der Waals surface area contributed by atoms with Crippen molar-refractivity contribution in [1.29, 1.82) is 0 Å². The number of Topliss-reactive ketones (excluding diaryl/α,β-unsaturated/α-hetero) is 1. The van der Waals surface area contributed by atoms with Crippen molar-refractivity contribution in [1.82, 2.24) is 0 Å². The van der Waals surface area contributed by atoms with Gasteiger partial charge in [0.05, 0.1) is 0 Å². The molecule has 104 valence electrons. The lowest BCUT2D eigenvalue weighted by Gasteiger charge is -2.11. The molecule has 0 aliphatic heterocycles. The summed E-state index contributed by atoms with van der Waals surface area (Å²) < 4.78 is 5.32. The van der Waals surface area contributed by atoms with E-state index >= 15 is 0 Å². The Morgan fingerprint density at radius 2 is 1.71 bits per heavy atom. The van der Waals surface area contributed by atoms with Gasteiger partial charge in [0.1, 0.15) is 11.1 Å². The van der Waals surface area contributed by atoms with E-state index in [1.165, 1.54) is 6.92 Å². The van der Waals surface area contributed by atoms with Crippen LogP contribution < -0.4 is 5.63 Å². The molecule has 0 amide bonds. The van der Waals surface area contributed by atoms with Crippen LogP contribution in [0, 0.1) is 6.92 Å². The third kappa shape index (κ3) is 2.17. The van der Waals surface area contributed by atoms with Gasteiger partial charge in [0, 0.05) is 10.9 Å². The van der Waals surface area contributed by atoms with Gasteiger partial charge in [0.2, 0.25) is 0 Å². The minimum absolute atomic E-state index is 0.114. The molecule has 1 heterocycles. The Hall–Kier alpha value is -2.68. The van der Waals surface area contributed by atoms with Crippen LogP contribution in [-0.4, -0.2) is 5.78 Å². The SMILES string of the molecule is CC(=O)c1c(-c2ccccc2)c2c(C)cccc2oc1=O. The molecule has 0 aliphatic carbocycles. The molecule has 0 N–H and O–H groups in total. The average molecular weight is 278 g/mol. The largest absolute Gasteiger partial charge is 0.422 e. The van der Waals surface area contributed by atoms with Crippen LogP contribution in [0.2, 0.25) is 0 Å². The molecule has 0 saturated carbocycles. The second-order valence-electron chi connectivity index (χ2n) is 5.01. The van der Waals surface area contributed by atoms with Crippen LogP contribution >= 0.6 is 0 Å². The first kappa shape index (κ1) is 13.3. The molecule has 0 spiro atoms. The molecule has 0 bridgehead atoms. The van der Waals surface area contributed by atoms with Gasteiger partial charge in [-0.15, -0.1) is 0 Å². The molecule has 21 heavy (non-hydrogen) atoms. The monoisotopic (exact) mass is 278 g/mol. The Balaban J connectivity index is 2.57. The van der Waals surface area contributed by atoms with Gasteiger partial charge in [-0.1, -0.05) is 42.5 Å². The number of ketones is 1. The first-order valence-corrected chi connectivity index (χ1v) is 6.72. The van der Waals surface area contributed by atoms with Crippen molar-refractivity contribution in [3.63, 3.8) is 0 Å². The Morgan fingerprint density at radius 3 is 2.38 bits per heavy atom. The summed E-state index contributed by atoms with van der Waals surface area (Å²) in [5.41, 5.74) is 2.51. The fourth-order valence-corrected chi connectivity index (χ4v) is 2.64. The zero-order valence-electron chi connectivity index (χ0n) is 11.8. The zero-order valence-corrected chi connectivity index (χ0v) is 11.8. The van der Waals surface area contributed by atoms with Gasteiger partial charge in [-0.3, -0.25) is 4.79 Å². The number of hydrogen-bond acceptors (Lipinski definition) is 3. The van der Waals surface area contributed by atoms with Gasteiger partial charge in [-0.2, -0.15) is 0 Å². The predicted molar refractivity (Wildman–Crippen MR) is 82.7 cm³/mol. The van der Waals surface area contributed by atoms with Crippen LogP contribution in [0.1, 0.15) is 22.8 Å². The third-order valence-corrected chi connectivity index (χ3v) is 3.56. The first-order chi connectivity index (χ1) is 10.1. The summed E-state index contributed by atoms with van der Waals surface area (Å²) >= 11 is 0. The van der Waals surface area contributed by atoms with E-state index in [0.29, 0.717) is 11.1 Å². The number of fused-ring (bicyclic) bond motifs is 1. The summed E-state index contributed by atoms with van der Waals surface area (Å²) in [6.45, 7) is 3.33. The van der Waals surface area contributed by atoms with Crippen LogP contribution in [0.3, 0.4) is 0 Å². The number of benzene rings is 2. The minimum Gasteiger partial charge on any atom is -0.422 e. The van der Waals surface area contributed by atoms with Gasteiger partial charge >= 0.3 is 5.63 Å². The Morgan fingerprint density at radius 1 is 1.00 bits per heavy atom. The summed E-state index contributed by atoms with van der Waals surface area (Å²) in [7, 11) is 0. The van der Waals surface area contributed by atoms with Gasteiger partial charge in [-0.25, -0.2) is 4.79 Å². The maximum absolute atomic E-state index is 12.2. The number of hydrogen-bond donors (Lipinski definition) is 0. The second-order valence-corrected chi connectivity index (χ2v) is 5.01. The van der Waals surface area contributed by atoms with Gasteiger partial charge in [-0.05, 0) is 31.0 Å². The van der Waals surface area contributed by atoms with Gasteiger partial charge < -0.3 is 4.42 Å². The van der Waals surface area contributed by atoms with Crippen LogP contribution in [0.15, 0.2) is 57.7 Å². The Labute approximate surface area is 121 Å². The summed E-state index contributed by atoms with van der Waals surface area (Å²) in [6.07, 6.45) is 0. The van der Waals surface area contributed by atoms with E-state index in [1.807, 2.05) is 49.4 Å². The minimum atomic E-state index is -0.584. The van der Waals surface area contributed by atoms with Crippen LogP contribution in [0.4, 0.5) is 0 Å². The molecule has 1 aromatic heterocycles. The molecule has 0 unspecified atom stereocenters. The summed E-state index contributed by atoms with van der Waals surface area (Å²) in [5, 5.41) is 0.813. The molecule has 2 aromatic carbocycles. The highest BCUT2D eigenvalue weighted by Crippen LogP contribution is 2.32. The fourth-order valence-electron chi connectivity index (χ4n) is 2.64. The highest BCUT2D eigenvalue weighted by molar-refractivity contribution is 6.08. The predicted octanol–water partition coefficient (Wildman–Crippen LogP) is 3.97. The topological polar surface area (TPSA) is 47.3 Å². The van der Waals surface area contributed by atoms with E-state index in [4.69, 9.17) is 4.42 Å². The van der Waals surface area contributed by atoms with Crippen molar-refractivity contribution >= 4 is 16.8 Å². The lowest BCUT2D eigenvalue weighted by Crippen LogP contribution is -2.14. The van der Waals surface area contributed by atoms with Gasteiger partial charge in [0.25, 0.3) is 0 Å². The number of carbonyl (C=O) groups is 1. The maximum atomic E-state index is 12.2. The van der Waals surface area contributed by atoms with E-state index in [1.54, 1.807) is 6.07 Å². The van der Waals surface area contributed by atoms with E-state index in [2.05, 4.69) is 0 Å². The molecule has 3 rings (SSSR count). The normalized spacial score (nSPS) is 10.8. The Kier molecular flexibility index (Phi) is 3.18. The van der Waals surface area contributed by atoms with Crippen molar-refractivity contribution in [2.45, 2.75) is 13.8 Å². The molecule has 3 heteroatoms. The molecule has 0 radical (unpaired) electrons. The standard InChI is InChI=1S/C18H14O3/c1-11-7-6-10-14-15(11)17(13-8-4-3-5-9-13)16(12(2)19)18(20)21-14/h3-10H,1-2H3. The molecular formula is C18H14O3. The summed E-state index contributed by atoms with van der Waals surface area (Å²) in [4.78, 5) is 24.1. The smallest absolute Gasteiger partial charge is 0.347 e. The highest BCUT2D eigenvalue weighted by Gasteiger charge is 2.20. The molecule has 3 aromatic rings. The molecule has 0 aliphatic rings. The van der Waals surface area contributed by atoms with E-state index in [9.17, 15) is 9.59 Å². The van der Waals surface area contributed by atoms with Gasteiger partial charge in [0.15, 0.2) is 5.78 Å². The van der Waals surface area contributed by atoms with Crippen molar-refractivity contribution in [2.75, 3.05) is 0 Å². The molecule has 0 atom stereocenters. The first-order valence-electron chi connectivity index (χ1n) is 6.72. The fraction of sp³-hybridized carbons (Fsp3) is 0.111. The number of carbonyl (C=O) groups excluding carboxylic acids is 1. The molecule has 3 nitrogen and oxygen atoms in total. The number of rotatable bonds is 2. The van der Waals surface area contributed by atoms with E-state index < -0.39 is 5.63 Å². The molecular weight excluding hydrogens is 264 g/mol. The molecule has 0 fully saturated rings. The zero-order chi connectivity index (χ0) is 15.0. The molecule has 0 saturated heterocycles. The quantitative estimate of drug-likeness (QED) is 0.526. The summed E-state index contributed by atoms with van der Waals surface area (Å²) in [5.74, 6) is -0.284.